The number of amides is 2. The van der Waals surface area contributed by atoms with Crippen LogP contribution in [0.15, 0.2) is 35.7 Å². The summed E-state index contributed by atoms with van der Waals surface area (Å²) in [7, 11) is 0. The lowest BCUT2D eigenvalue weighted by Gasteiger charge is -2.20. The maximum atomic E-state index is 12.0. The van der Waals surface area contributed by atoms with E-state index in [2.05, 4.69) is 10.6 Å². The van der Waals surface area contributed by atoms with E-state index in [0.29, 0.717) is 23.5 Å². The van der Waals surface area contributed by atoms with Crippen molar-refractivity contribution in [1.29, 1.82) is 0 Å². The number of rotatable bonds is 3. The molecule has 2 heterocycles. The van der Waals surface area contributed by atoms with Crippen LogP contribution in [-0.4, -0.2) is 18.4 Å². The molecule has 20 heavy (non-hydrogen) atoms. The first-order valence-electron chi connectivity index (χ1n) is 6.10. The molecule has 1 aliphatic rings. The van der Waals surface area contributed by atoms with Crippen molar-refractivity contribution in [2.45, 2.75) is 6.42 Å². The molecule has 2 aromatic rings. The van der Waals surface area contributed by atoms with E-state index in [1.165, 1.54) is 11.3 Å². The maximum Gasteiger partial charge on any atom is 0.262 e. The lowest BCUT2D eigenvalue weighted by molar-refractivity contribution is -0.118. The summed E-state index contributed by atoms with van der Waals surface area (Å²) in [5.74, 6) is 0.219. The highest BCUT2D eigenvalue weighted by molar-refractivity contribution is 7.10. The van der Waals surface area contributed by atoms with E-state index in [9.17, 15) is 9.59 Å². The Labute approximate surface area is 119 Å². The van der Waals surface area contributed by atoms with Gasteiger partial charge in [-0.05, 0) is 23.6 Å². The van der Waals surface area contributed by atoms with E-state index in [1.54, 1.807) is 18.2 Å². The second-order valence-corrected chi connectivity index (χ2v) is 5.35. The molecule has 1 aromatic heterocycles. The topological polar surface area (TPSA) is 67.4 Å². The van der Waals surface area contributed by atoms with E-state index in [-0.39, 0.29) is 18.4 Å². The van der Waals surface area contributed by atoms with Gasteiger partial charge in [0.05, 0.1) is 12.1 Å². The van der Waals surface area contributed by atoms with Crippen molar-refractivity contribution in [3.05, 3.63) is 40.6 Å². The number of fused-ring (bicyclic) bond motifs is 1. The van der Waals surface area contributed by atoms with Crippen LogP contribution >= 0.6 is 11.3 Å². The number of thiophene rings is 1. The van der Waals surface area contributed by atoms with Crippen molar-refractivity contribution < 1.29 is 14.3 Å². The summed E-state index contributed by atoms with van der Waals surface area (Å²) in [6.45, 7) is -0.000402. The van der Waals surface area contributed by atoms with Gasteiger partial charge in [-0.1, -0.05) is 12.1 Å². The molecule has 0 fully saturated rings. The quantitative estimate of drug-likeness (QED) is 0.910. The van der Waals surface area contributed by atoms with Gasteiger partial charge in [0, 0.05) is 4.88 Å². The van der Waals surface area contributed by atoms with Crippen molar-refractivity contribution in [3.63, 3.8) is 0 Å². The van der Waals surface area contributed by atoms with Gasteiger partial charge in [-0.25, -0.2) is 0 Å². The molecule has 2 amide bonds. The summed E-state index contributed by atoms with van der Waals surface area (Å²) in [6.07, 6.45) is 0.316. The molecule has 0 spiro atoms. The predicted octanol–water partition coefficient (Wildman–Crippen LogP) is 2.26. The fraction of sp³-hybridized carbons (Fsp3) is 0.143. The van der Waals surface area contributed by atoms with Crippen LogP contribution in [0.2, 0.25) is 0 Å². The van der Waals surface area contributed by atoms with Crippen molar-refractivity contribution in [3.8, 4) is 5.75 Å². The molecule has 0 bridgehead atoms. The number of carbonyl (C=O) groups excluding carboxylic acids is 2. The molecule has 0 saturated carbocycles. The summed E-state index contributed by atoms with van der Waals surface area (Å²) in [6, 6.07) is 9.09. The summed E-state index contributed by atoms with van der Waals surface area (Å²) in [5, 5.41) is 7.45. The molecular weight excluding hydrogens is 276 g/mol. The van der Waals surface area contributed by atoms with Gasteiger partial charge < -0.3 is 15.4 Å². The third-order valence-electron chi connectivity index (χ3n) is 2.84. The molecule has 0 atom stereocenters. The summed E-state index contributed by atoms with van der Waals surface area (Å²) in [5.41, 5.74) is 1.07. The molecule has 0 saturated heterocycles. The minimum atomic E-state index is -0.225. The minimum absolute atomic E-state index is 0.000402. The first kappa shape index (κ1) is 12.7. The minimum Gasteiger partial charge on any atom is -0.481 e. The largest absolute Gasteiger partial charge is 0.481 e. The maximum absolute atomic E-state index is 12.0. The highest BCUT2D eigenvalue weighted by Gasteiger charge is 2.19. The lowest BCUT2D eigenvalue weighted by atomic mass is 10.2. The number of para-hydroxylation sites is 1. The van der Waals surface area contributed by atoms with Crippen molar-refractivity contribution in [1.82, 2.24) is 0 Å². The number of ether oxygens (including phenoxy) is 1. The Kier molecular flexibility index (Phi) is 3.39. The van der Waals surface area contributed by atoms with Crippen molar-refractivity contribution in [2.24, 2.45) is 0 Å². The van der Waals surface area contributed by atoms with Crippen molar-refractivity contribution >= 4 is 34.5 Å². The fourth-order valence-corrected chi connectivity index (χ4v) is 2.67. The molecule has 0 radical (unpaired) electrons. The van der Waals surface area contributed by atoms with Crippen molar-refractivity contribution in [2.75, 3.05) is 17.2 Å². The van der Waals surface area contributed by atoms with Gasteiger partial charge in [0.2, 0.25) is 5.91 Å². The molecule has 1 aliphatic heterocycles. The number of hydrogen-bond acceptors (Lipinski definition) is 4. The van der Waals surface area contributed by atoms with Crippen LogP contribution in [0.25, 0.3) is 0 Å². The van der Waals surface area contributed by atoms with Gasteiger partial charge in [-0.15, -0.1) is 11.3 Å². The Hall–Kier alpha value is -2.34. The monoisotopic (exact) mass is 288 g/mol. The number of nitrogens with one attached hydrogen (secondary N) is 2. The first-order chi connectivity index (χ1) is 9.72. The zero-order chi connectivity index (χ0) is 13.9. The van der Waals surface area contributed by atoms with Gasteiger partial charge >= 0.3 is 0 Å². The Morgan fingerprint density at radius 1 is 1.35 bits per heavy atom. The average Bonchev–Trinajstić information content (AvgIpc) is 2.92. The molecule has 2 N–H and O–H groups in total. The Morgan fingerprint density at radius 2 is 2.25 bits per heavy atom. The molecule has 102 valence electrons. The molecular formula is C14H12N2O3S. The second kappa shape index (κ2) is 5.34. The number of benzene rings is 1. The van der Waals surface area contributed by atoms with Crippen LogP contribution in [0.1, 0.15) is 4.88 Å². The normalized spacial score (nSPS) is 13.1. The third kappa shape index (κ3) is 2.65. The number of hydrogen-bond donors (Lipinski definition) is 2. The molecule has 0 unspecified atom stereocenters. The van der Waals surface area contributed by atoms with E-state index in [1.807, 2.05) is 17.5 Å². The molecule has 1 aromatic carbocycles. The van der Waals surface area contributed by atoms with E-state index >= 15 is 0 Å². The van der Waals surface area contributed by atoms with Crippen LogP contribution < -0.4 is 15.4 Å². The standard InChI is InChI=1S/C14H12N2O3S/c17-12(7-9-3-2-6-20-9)15-10-4-1-5-11-14(10)16-13(18)8-19-11/h1-6H,7-8H2,(H,15,17)(H,16,18). The summed E-state index contributed by atoms with van der Waals surface area (Å²) < 4.78 is 5.30. The summed E-state index contributed by atoms with van der Waals surface area (Å²) in [4.78, 5) is 24.4. The van der Waals surface area contributed by atoms with Crippen LogP contribution in [0, 0.1) is 0 Å². The van der Waals surface area contributed by atoms with Crippen LogP contribution in [0.5, 0.6) is 5.75 Å². The highest BCUT2D eigenvalue weighted by atomic mass is 32.1. The molecule has 0 aliphatic carbocycles. The third-order valence-corrected chi connectivity index (χ3v) is 3.71. The molecule has 5 nitrogen and oxygen atoms in total. The van der Waals surface area contributed by atoms with Gasteiger partial charge in [0.25, 0.3) is 5.91 Å². The van der Waals surface area contributed by atoms with Gasteiger partial charge in [0.15, 0.2) is 6.61 Å². The van der Waals surface area contributed by atoms with Crippen LogP contribution in [0.4, 0.5) is 11.4 Å². The lowest BCUT2D eigenvalue weighted by Crippen LogP contribution is -2.26. The number of anilines is 2. The van der Waals surface area contributed by atoms with Crippen LogP contribution in [0.3, 0.4) is 0 Å². The van der Waals surface area contributed by atoms with E-state index in [0.717, 1.165) is 4.88 Å². The Balaban J connectivity index is 1.77. The summed E-state index contributed by atoms with van der Waals surface area (Å²) >= 11 is 1.54. The Morgan fingerprint density at radius 3 is 3.05 bits per heavy atom. The van der Waals surface area contributed by atoms with Gasteiger partial charge in [-0.3, -0.25) is 9.59 Å². The fourth-order valence-electron chi connectivity index (χ4n) is 1.97. The zero-order valence-electron chi connectivity index (χ0n) is 10.5. The highest BCUT2D eigenvalue weighted by Crippen LogP contribution is 2.34. The average molecular weight is 288 g/mol. The van der Waals surface area contributed by atoms with E-state index < -0.39 is 0 Å². The number of carbonyl (C=O) groups is 2. The SMILES string of the molecule is O=C(Cc1cccs1)Nc1cccc2c1NC(=O)CO2. The van der Waals surface area contributed by atoms with Gasteiger partial charge in [0.1, 0.15) is 11.4 Å². The smallest absolute Gasteiger partial charge is 0.262 e. The molecule has 6 heteroatoms. The van der Waals surface area contributed by atoms with E-state index in [4.69, 9.17) is 4.74 Å². The molecule has 3 rings (SSSR count). The zero-order valence-corrected chi connectivity index (χ0v) is 11.3. The second-order valence-electron chi connectivity index (χ2n) is 4.32. The predicted molar refractivity (Wildman–Crippen MR) is 77.2 cm³/mol. The van der Waals surface area contributed by atoms with Crippen LogP contribution in [-0.2, 0) is 16.0 Å². The van der Waals surface area contributed by atoms with Gasteiger partial charge in [-0.2, -0.15) is 0 Å². The Bertz CT molecular complexity index is 652. The first-order valence-corrected chi connectivity index (χ1v) is 6.98.